The Labute approximate surface area is 136 Å². The molecule has 0 saturated carbocycles. The maximum absolute atomic E-state index is 11.9. The van der Waals surface area contributed by atoms with Gasteiger partial charge in [0, 0.05) is 31.4 Å². The van der Waals surface area contributed by atoms with Crippen LogP contribution in [0.4, 0.5) is 0 Å². The van der Waals surface area contributed by atoms with Crippen molar-refractivity contribution in [2.45, 2.75) is 26.4 Å². The molecule has 0 unspecified atom stereocenters. The summed E-state index contributed by atoms with van der Waals surface area (Å²) in [4.78, 5) is 11.7. The molecular formula is C16H21N3O3S. The van der Waals surface area contributed by atoms with E-state index in [2.05, 4.69) is 9.44 Å². The van der Waals surface area contributed by atoms with Crippen LogP contribution in [0.2, 0.25) is 0 Å². The first-order chi connectivity index (χ1) is 11.0. The largest absolute Gasteiger partial charge is 0.313 e. The van der Waals surface area contributed by atoms with Gasteiger partial charge in [0.2, 0.25) is 0 Å². The predicted molar refractivity (Wildman–Crippen MR) is 90.3 cm³/mol. The van der Waals surface area contributed by atoms with Crippen molar-refractivity contribution in [3.8, 4) is 0 Å². The minimum atomic E-state index is -3.54. The van der Waals surface area contributed by atoms with Crippen LogP contribution in [0.5, 0.6) is 0 Å². The van der Waals surface area contributed by atoms with Crippen LogP contribution >= 0.6 is 0 Å². The normalized spacial score (nSPS) is 11.5. The van der Waals surface area contributed by atoms with Crippen LogP contribution in [-0.2, 0) is 23.3 Å². The zero-order valence-electron chi connectivity index (χ0n) is 13.0. The molecule has 124 valence electrons. The Morgan fingerprint density at radius 2 is 1.74 bits per heavy atom. The highest BCUT2D eigenvalue weighted by atomic mass is 32.2. The van der Waals surface area contributed by atoms with Crippen LogP contribution in [0.1, 0.15) is 17.7 Å². The molecule has 2 rings (SSSR count). The van der Waals surface area contributed by atoms with E-state index in [0.717, 1.165) is 11.3 Å². The lowest BCUT2D eigenvalue weighted by molar-refractivity contribution is 0.552. The van der Waals surface area contributed by atoms with Crippen molar-refractivity contribution in [2.75, 3.05) is 6.54 Å². The van der Waals surface area contributed by atoms with Gasteiger partial charge in [0.1, 0.15) is 0 Å². The third-order valence-electron chi connectivity index (χ3n) is 3.43. The first kappa shape index (κ1) is 17.4. The standard InChI is InChI=1S/C16H21N3O3S/c1-14-7-5-10-16(20)19(14)12-6-11-17-23(21,22)18-13-15-8-3-2-4-9-15/h2-5,7-10,17-18H,6,11-13H2,1H3. The van der Waals surface area contributed by atoms with Gasteiger partial charge in [-0.1, -0.05) is 36.4 Å². The molecule has 0 spiro atoms. The maximum atomic E-state index is 11.9. The minimum absolute atomic E-state index is 0.0740. The van der Waals surface area contributed by atoms with Crippen molar-refractivity contribution >= 4 is 10.2 Å². The zero-order chi connectivity index (χ0) is 16.7. The van der Waals surface area contributed by atoms with Gasteiger partial charge in [0.25, 0.3) is 15.8 Å². The maximum Gasteiger partial charge on any atom is 0.277 e. The highest BCUT2D eigenvalue weighted by molar-refractivity contribution is 7.87. The average Bonchev–Trinajstić information content (AvgIpc) is 2.53. The summed E-state index contributed by atoms with van der Waals surface area (Å²) in [5.74, 6) is 0. The highest BCUT2D eigenvalue weighted by Crippen LogP contribution is 1.98. The molecule has 2 N–H and O–H groups in total. The van der Waals surface area contributed by atoms with E-state index in [0.29, 0.717) is 13.0 Å². The number of nitrogens with zero attached hydrogens (tertiary/aromatic N) is 1. The summed E-state index contributed by atoms with van der Waals surface area (Å²) in [6.45, 7) is 2.85. The van der Waals surface area contributed by atoms with Gasteiger partial charge >= 0.3 is 0 Å². The molecule has 0 fully saturated rings. The fourth-order valence-electron chi connectivity index (χ4n) is 2.18. The van der Waals surface area contributed by atoms with Crippen LogP contribution in [0.3, 0.4) is 0 Å². The van der Waals surface area contributed by atoms with E-state index in [9.17, 15) is 13.2 Å². The van der Waals surface area contributed by atoms with Gasteiger partial charge in [-0.3, -0.25) is 4.79 Å². The first-order valence-electron chi connectivity index (χ1n) is 7.42. The van der Waals surface area contributed by atoms with E-state index in [1.807, 2.05) is 43.3 Å². The zero-order valence-corrected chi connectivity index (χ0v) is 13.8. The van der Waals surface area contributed by atoms with Crippen LogP contribution in [-0.4, -0.2) is 19.5 Å². The Morgan fingerprint density at radius 3 is 2.43 bits per heavy atom. The molecule has 0 aliphatic rings. The van der Waals surface area contributed by atoms with Crippen molar-refractivity contribution in [2.24, 2.45) is 0 Å². The number of benzene rings is 1. The summed E-state index contributed by atoms with van der Waals surface area (Å²) in [5.41, 5.74) is 1.68. The van der Waals surface area contributed by atoms with Gasteiger partial charge in [0.05, 0.1) is 0 Å². The SMILES string of the molecule is Cc1cccc(=O)n1CCCNS(=O)(=O)NCc1ccccc1. The summed E-state index contributed by atoms with van der Waals surface area (Å²) in [5, 5.41) is 0. The minimum Gasteiger partial charge on any atom is -0.313 e. The lowest BCUT2D eigenvalue weighted by Gasteiger charge is -2.11. The molecule has 7 heteroatoms. The molecular weight excluding hydrogens is 314 g/mol. The highest BCUT2D eigenvalue weighted by Gasteiger charge is 2.08. The molecule has 1 aromatic heterocycles. The topological polar surface area (TPSA) is 80.2 Å². The second-order valence-electron chi connectivity index (χ2n) is 5.22. The molecule has 0 amide bonds. The number of pyridine rings is 1. The van der Waals surface area contributed by atoms with E-state index in [-0.39, 0.29) is 18.6 Å². The molecule has 1 aromatic carbocycles. The van der Waals surface area contributed by atoms with E-state index in [1.165, 1.54) is 6.07 Å². The van der Waals surface area contributed by atoms with Crippen LogP contribution < -0.4 is 15.0 Å². The summed E-state index contributed by atoms with van der Waals surface area (Å²) in [7, 11) is -3.54. The van der Waals surface area contributed by atoms with Gasteiger partial charge in [-0.25, -0.2) is 4.72 Å². The Hall–Kier alpha value is -1.96. The van der Waals surface area contributed by atoms with Gasteiger partial charge in [-0.05, 0) is 25.0 Å². The molecule has 0 radical (unpaired) electrons. The number of hydrogen-bond acceptors (Lipinski definition) is 3. The average molecular weight is 335 g/mol. The van der Waals surface area contributed by atoms with Crippen LogP contribution in [0.25, 0.3) is 0 Å². The predicted octanol–water partition coefficient (Wildman–Crippen LogP) is 1.17. The lowest BCUT2D eigenvalue weighted by atomic mass is 10.2. The summed E-state index contributed by atoms with van der Waals surface area (Å²) >= 11 is 0. The Morgan fingerprint density at radius 1 is 1.00 bits per heavy atom. The van der Waals surface area contributed by atoms with Gasteiger partial charge in [0.15, 0.2) is 0 Å². The van der Waals surface area contributed by atoms with E-state index in [1.54, 1.807) is 10.6 Å². The van der Waals surface area contributed by atoms with Crippen molar-refractivity contribution in [3.05, 3.63) is 70.1 Å². The van der Waals surface area contributed by atoms with Crippen molar-refractivity contribution in [3.63, 3.8) is 0 Å². The molecule has 23 heavy (non-hydrogen) atoms. The number of hydrogen-bond donors (Lipinski definition) is 2. The van der Waals surface area contributed by atoms with Crippen molar-refractivity contribution in [1.29, 1.82) is 0 Å². The second kappa shape index (κ2) is 8.05. The molecule has 0 saturated heterocycles. The summed E-state index contributed by atoms with van der Waals surface area (Å²) < 4.78 is 30.3. The molecule has 2 aromatic rings. The number of aromatic nitrogens is 1. The third-order valence-corrected chi connectivity index (χ3v) is 4.54. The number of aryl methyl sites for hydroxylation is 1. The van der Waals surface area contributed by atoms with Gasteiger partial charge < -0.3 is 4.57 Å². The third kappa shape index (κ3) is 5.63. The monoisotopic (exact) mass is 335 g/mol. The molecule has 0 aliphatic carbocycles. The van der Waals surface area contributed by atoms with Gasteiger partial charge in [-0.2, -0.15) is 13.1 Å². The Bertz CT molecular complexity index is 786. The fourth-order valence-corrected chi connectivity index (χ4v) is 3.05. The van der Waals surface area contributed by atoms with Crippen molar-refractivity contribution in [1.82, 2.24) is 14.0 Å². The van der Waals surface area contributed by atoms with E-state index < -0.39 is 10.2 Å². The number of nitrogens with one attached hydrogen (secondary N) is 2. The summed E-state index contributed by atoms with van der Waals surface area (Å²) in [6.07, 6.45) is 0.539. The summed E-state index contributed by atoms with van der Waals surface area (Å²) in [6, 6.07) is 14.4. The van der Waals surface area contributed by atoms with Crippen LogP contribution in [0, 0.1) is 6.92 Å². The smallest absolute Gasteiger partial charge is 0.277 e. The fraction of sp³-hybridized carbons (Fsp3) is 0.312. The quantitative estimate of drug-likeness (QED) is 0.711. The molecule has 0 atom stereocenters. The van der Waals surface area contributed by atoms with E-state index >= 15 is 0 Å². The molecule has 1 heterocycles. The van der Waals surface area contributed by atoms with Crippen LogP contribution in [0.15, 0.2) is 53.3 Å². The second-order valence-corrected chi connectivity index (χ2v) is 6.80. The van der Waals surface area contributed by atoms with Crippen molar-refractivity contribution < 1.29 is 8.42 Å². The van der Waals surface area contributed by atoms with Gasteiger partial charge in [-0.15, -0.1) is 0 Å². The number of rotatable bonds is 8. The van der Waals surface area contributed by atoms with E-state index in [4.69, 9.17) is 0 Å². The molecule has 0 bridgehead atoms. The Kier molecular flexibility index (Phi) is 6.09. The first-order valence-corrected chi connectivity index (χ1v) is 8.91. The molecule has 0 aliphatic heterocycles. The lowest BCUT2D eigenvalue weighted by Crippen LogP contribution is -2.37. The molecule has 6 nitrogen and oxygen atoms in total. The Balaban J connectivity index is 1.78.